The summed E-state index contributed by atoms with van der Waals surface area (Å²) >= 11 is 0.989. The van der Waals surface area contributed by atoms with Crippen LogP contribution >= 0.6 is 11.3 Å². The average Bonchev–Trinajstić information content (AvgIpc) is 3.21. The Morgan fingerprint density at radius 1 is 1.46 bits per heavy atom. The van der Waals surface area contributed by atoms with Crippen molar-refractivity contribution < 1.29 is 27.2 Å². The quantitative estimate of drug-likeness (QED) is 0.858. The lowest BCUT2D eigenvalue weighted by Crippen LogP contribution is -2.48. The number of thiophene rings is 1. The van der Waals surface area contributed by atoms with E-state index < -0.39 is 12.1 Å². The molecule has 3 rings (SSSR count). The van der Waals surface area contributed by atoms with Crippen molar-refractivity contribution in [3.05, 3.63) is 22.9 Å². The van der Waals surface area contributed by atoms with Crippen molar-refractivity contribution in [3.8, 4) is 10.7 Å². The highest BCUT2D eigenvalue weighted by Crippen LogP contribution is 2.31. The highest BCUT2D eigenvalue weighted by atomic mass is 32.1. The van der Waals surface area contributed by atoms with E-state index >= 15 is 0 Å². The second-order valence-electron chi connectivity index (χ2n) is 5.02. The summed E-state index contributed by atoms with van der Waals surface area (Å²) < 4.78 is 46.8. The predicted molar refractivity (Wildman–Crippen MR) is 77.6 cm³/mol. The Balaban J connectivity index is 1.62. The van der Waals surface area contributed by atoms with E-state index in [2.05, 4.69) is 25.3 Å². The Bertz CT molecular complexity index is 709. The molecule has 1 aliphatic heterocycles. The number of amides is 1. The molecular weight excluding hydrogens is 349 g/mol. The standard InChI is InChI=1S/C13H13F3N4O3S/c14-13(15,16)12-19-10(20-23-12)8-1-2-9(24-8)11(21)18-5-7-6-22-4-3-17-7/h1-2,7,17H,3-6H2,(H,18,21)/t7-/m0/s1. The summed E-state index contributed by atoms with van der Waals surface area (Å²) in [5, 5.41) is 9.24. The SMILES string of the molecule is O=C(NC[C@H]1COCCN1)c1ccc(-c2noc(C(F)(F)F)n2)s1. The molecule has 0 unspecified atom stereocenters. The van der Waals surface area contributed by atoms with Crippen molar-refractivity contribution in [2.75, 3.05) is 26.3 Å². The van der Waals surface area contributed by atoms with Gasteiger partial charge in [0.05, 0.1) is 23.0 Å². The van der Waals surface area contributed by atoms with Crippen molar-refractivity contribution in [2.24, 2.45) is 0 Å². The fourth-order valence-corrected chi connectivity index (χ4v) is 2.92. The minimum absolute atomic E-state index is 0.0358. The van der Waals surface area contributed by atoms with Gasteiger partial charge in [-0.2, -0.15) is 18.2 Å². The number of nitrogens with zero attached hydrogens (tertiary/aromatic N) is 2. The maximum absolute atomic E-state index is 12.5. The predicted octanol–water partition coefficient (Wildman–Crippen LogP) is 1.54. The lowest BCUT2D eigenvalue weighted by Gasteiger charge is -2.23. The van der Waals surface area contributed by atoms with Gasteiger partial charge in [0, 0.05) is 19.1 Å². The first kappa shape index (κ1) is 16.9. The van der Waals surface area contributed by atoms with Crippen LogP contribution in [-0.4, -0.2) is 48.4 Å². The molecule has 0 bridgehead atoms. The van der Waals surface area contributed by atoms with E-state index in [-0.39, 0.29) is 17.8 Å². The van der Waals surface area contributed by atoms with Crippen LogP contribution in [0.15, 0.2) is 16.7 Å². The molecule has 0 aromatic carbocycles. The van der Waals surface area contributed by atoms with Crippen molar-refractivity contribution in [1.29, 1.82) is 0 Å². The van der Waals surface area contributed by atoms with Gasteiger partial charge in [0.15, 0.2) is 0 Å². The summed E-state index contributed by atoms with van der Waals surface area (Å²) in [6, 6.07) is 3.02. The number of hydrogen-bond acceptors (Lipinski definition) is 7. The van der Waals surface area contributed by atoms with Crippen LogP contribution in [0.25, 0.3) is 10.7 Å². The molecule has 7 nitrogen and oxygen atoms in total. The van der Waals surface area contributed by atoms with Crippen molar-refractivity contribution >= 4 is 17.2 Å². The van der Waals surface area contributed by atoms with Crippen LogP contribution in [0, 0.1) is 0 Å². The fourth-order valence-electron chi connectivity index (χ4n) is 2.07. The number of ether oxygens (including phenoxy) is 1. The zero-order valence-electron chi connectivity index (χ0n) is 12.2. The third kappa shape index (κ3) is 3.91. The van der Waals surface area contributed by atoms with Gasteiger partial charge in [0.25, 0.3) is 5.91 Å². The first-order valence-electron chi connectivity index (χ1n) is 7.04. The molecule has 130 valence electrons. The molecule has 2 aromatic rings. The summed E-state index contributed by atoms with van der Waals surface area (Å²) in [7, 11) is 0. The molecule has 1 atom stereocenters. The van der Waals surface area contributed by atoms with Gasteiger partial charge in [0.1, 0.15) is 0 Å². The van der Waals surface area contributed by atoms with Gasteiger partial charge < -0.3 is 19.9 Å². The van der Waals surface area contributed by atoms with E-state index in [0.717, 1.165) is 17.9 Å². The smallest absolute Gasteiger partial charge is 0.378 e. The van der Waals surface area contributed by atoms with E-state index in [0.29, 0.717) is 29.5 Å². The Morgan fingerprint density at radius 3 is 2.96 bits per heavy atom. The number of nitrogens with one attached hydrogen (secondary N) is 2. The number of morpholine rings is 1. The van der Waals surface area contributed by atoms with Crippen molar-refractivity contribution in [3.63, 3.8) is 0 Å². The molecule has 0 saturated carbocycles. The van der Waals surface area contributed by atoms with E-state index in [4.69, 9.17) is 4.74 Å². The number of rotatable bonds is 4. The Kier molecular flexibility index (Phi) is 4.83. The van der Waals surface area contributed by atoms with Crippen LogP contribution < -0.4 is 10.6 Å². The van der Waals surface area contributed by atoms with Gasteiger partial charge in [-0.05, 0) is 12.1 Å². The maximum atomic E-state index is 12.5. The molecule has 0 radical (unpaired) electrons. The number of carbonyl (C=O) groups excluding carboxylic acids is 1. The van der Waals surface area contributed by atoms with Crippen LogP contribution in [0.1, 0.15) is 15.6 Å². The zero-order chi connectivity index (χ0) is 17.2. The van der Waals surface area contributed by atoms with E-state index in [9.17, 15) is 18.0 Å². The van der Waals surface area contributed by atoms with Crippen LogP contribution in [0.3, 0.4) is 0 Å². The minimum Gasteiger partial charge on any atom is -0.378 e. The molecule has 1 amide bonds. The highest BCUT2D eigenvalue weighted by Gasteiger charge is 2.38. The number of halogens is 3. The van der Waals surface area contributed by atoms with Crippen molar-refractivity contribution in [2.45, 2.75) is 12.2 Å². The van der Waals surface area contributed by atoms with Crippen LogP contribution in [0.4, 0.5) is 13.2 Å². The number of aromatic nitrogens is 2. The lowest BCUT2D eigenvalue weighted by molar-refractivity contribution is -0.159. The van der Waals surface area contributed by atoms with Crippen molar-refractivity contribution in [1.82, 2.24) is 20.8 Å². The summed E-state index contributed by atoms with van der Waals surface area (Å²) in [4.78, 5) is 16.0. The van der Waals surface area contributed by atoms with E-state index in [1.165, 1.54) is 12.1 Å². The average molecular weight is 362 g/mol. The molecule has 24 heavy (non-hydrogen) atoms. The third-order valence-electron chi connectivity index (χ3n) is 3.23. The van der Waals surface area contributed by atoms with Crippen LogP contribution in [0.2, 0.25) is 0 Å². The number of hydrogen-bond donors (Lipinski definition) is 2. The summed E-state index contributed by atoms with van der Waals surface area (Å²) in [5.41, 5.74) is 0. The number of carbonyl (C=O) groups is 1. The Morgan fingerprint density at radius 2 is 2.29 bits per heavy atom. The first-order chi connectivity index (χ1) is 11.4. The molecule has 2 N–H and O–H groups in total. The molecule has 11 heteroatoms. The minimum atomic E-state index is -4.70. The van der Waals surface area contributed by atoms with Gasteiger partial charge >= 0.3 is 12.1 Å². The summed E-state index contributed by atoms with van der Waals surface area (Å²) in [5.74, 6) is -1.94. The largest absolute Gasteiger partial charge is 0.471 e. The molecule has 1 fully saturated rings. The zero-order valence-corrected chi connectivity index (χ0v) is 13.0. The fraction of sp³-hybridized carbons (Fsp3) is 0.462. The second-order valence-corrected chi connectivity index (χ2v) is 6.10. The maximum Gasteiger partial charge on any atom is 0.471 e. The molecule has 1 saturated heterocycles. The van der Waals surface area contributed by atoms with Gasteiger partial charge in [-0.3, -0.25) is 4.79 Å². The first-order valence-corrected chi connectivity index (χ1v) is 7.85. The summed E-state index contributed by atoms with van der Waals surface area (Å²) in [6.45, 7) is 2.28. The number of alkyl halides is 3. The molecule has 2 aromatic heterocycles. The normalized spacial score (nSPS) is 18.5. The van der Waals surface area contributed by atoms with E-state index in [1.54, 1.807) is 0 Å². The topological polar surface area (TPSA) is 89.3 Å². The van der Waals surface area contributed by atoms with E-state index in [1.807, 2.05) is 0 Å². The highest BCUT2D eigenvalue weighted by molar-refractivity contribution is 7.17. The van der Waals surface area contributed by atoms with Gasteiger partial charge in [-0.15, -0.1) is 11.3 Å². The van der Waals surface area contributed by atoms with Gasteiger partial charge in [-0.25, -0.2) is 0 Å². The third-order valence-corrected chi connectivity index (χ3v) is 4.31. The molecular formula is C13H13F3N4O3S. The summed E-state index contributed by atoms with van der Waals surface area (Å²) in [6.07, 6.45) is -4.70. The molecule has 3 heterocycles. The second kappa shape index (κ2) is 6.87. The Labute approximate surface area is 138 Å². The van der Waals surface area contributed by atoms with Crippen LogP contribution in [-0.2, 0) is 10.9 Å². The lowest BCUT2D eigenvalue weighted by atomic mass is 10.2. The molecule has 0 spiro atoms. The Hall–Kier alpha value is -1.98. The monoisotopic (exact) mass is 362 g/mol. The molecule has 1 aliphatic rings. The van der Waals surface area contributed by atoms with Gasteiger partial charge in [-0.1, -0.05) is 5.16 Å². The van der Waals surface area contributed by atoms with Crippen LogP contribution in [0.5, 0.6) is 0 Å². The van der Waals surface area contributed by atoms with Gasteiger partial charge in [0.2, 0.25) is 5.82 Å². The molecule has 0 aliphatic carbocycles.